The Hall–Kier alpha value is -0.824. The van der Waals surface area contributed by atoms with E-state index < -0.39 is 8.07 Å². The van der Waals surface area contributed by atoms with Gasteiger partial charge < -0.3 is 0 Å². The normalized spacial score (nSPS) is 12.4. The summed E-state index contributed by atoms with van der Waals surface area (Å²) >= 11 is 0. The molecule has 0 heterocycles. The molecule has 110 valence electrons. The van der Waals surface area contributed by atoms with E-state index in [-0.39, 0.29) is 17.1 Å². The molecule has 1 aliphatic rings. The molecule has 0 amide bonds. The van der Waals surface area contributed by atoms with Crippen LogP contribution in [0.1, 0.15) is 20.8 Å². The predicted octanol–water partition coefficient (Wildman–Crippen LogP) is 5.69. The SMILES string of the molecule is CC[Si]([CH-]C=C1C=CC=C1)(CC)CC.[Fe+2].c1cc[cH-]c1. The van der Waals surface area contributed by atoms with Gasteiger partial charge in [0.05, 0.1) is 0 Å². The van der Waals surface area contributed by atoms with Crippen molar-refractivity contribution in [2.24, 2.45) is 0 Å². The summed E-state index contributed by atoms with van der Waals surface area (Å²) in [6, 6.07) is 16.6. The Morgan fingerprint density at radius 2 is 1.50 bits per heavy atom. The van der Waals surface area contributed by atoms with E-state index in [4.69, 9.17) is 0 Å². The average molecular weight is 326 g/mol. The maximum atomic E-state index is 2.53. The van der Waals surface area contributed by atoms with Crippen molar-refractivity contribution in [1.29, 1.82) is 0 Å². The summed E-state index contributed by atoms with van der Waals surface area (Å²) in [7, 11) is -1.05. The first-order valence-electron chi connectivity index (χ1n) is 7.34. The Labute approximate surface area is 136 Å². The fourth-order valence-corrected chi connectivity index (χ4v) is 4.95. The first-order valence-corrected chi connectivity index (χ1v) is 10.0. The van der Waals surface area contributed by atoms with Crippen LogP contribution in [0.2, 0.25) is 18.1 Å². The molecular formula is C18H26FeSi. The second kappa shape index (κ2) is 10.9. The van der Waals surface area contributed by atoms with E-state index in [1.165, 1.54) is 23.7 Å². The van der Waals surface area contributed by atoms with Gasteiger partial charge in [0, 0.05) is 0 Å². The summed E-state index contributed by atoms with van der Waals surface area (Å²) in [5.41, 5.74) is 1.36. The molecule has 20 heavy (non-hydrogen) atoms. The third-order valence-corrected chi connectivity index (χ3v) is 9.08. The van der Waals surface area contributed by atoms with Gasteiger partial charge in [-0.25, -0.2) is 24.3 Å². The van der Waals surface area contributed by atoms with Gasteiger partial charge in [0.1, 0.15) is 0 Å². The largest absolute Gasteiger partial charge is 2.00 e. The fourth-order valence-electron chi connectivity index (χ4n) is 2.20. The Kier molecular flexibility index (Phi) is 10.5. The van der Waals surface area contributed by atoms with Crippen LogP contribution in [-0.2, 0) is 17.1 Å². The predicted molar refractivity (Wildman–Crippen MR) is 89.9 cm³/mol. The second-order valence-corrected chi connectivity index (χ2v) is 10.1. The molecule has 0 fully saturated rings. The van der Waals surface area contributed by atoms with Crippen molar-refractivity contribution in [2.75, 3.05) is 0 Å². The Balaban J connectivity index is 0.000000507. The molecule has 0 radical (unpaired) electrons. The minimum Gasteiger partial charge on any atom is -0.231 e. The summed E-state index contributed by atoms with van der Waals surface area (Å²) < 4.78 is 0. The first-order chi connectivity index (χ1) is 9.26. The van der Waals surface area contributed by atoms with Gasteiger partial charge in [-0.05, 0) is 8.07 Å². The van der Waals surface area contributed by atoms with E-state index in [2.05, 4.69) is 57.2 Å². The van der Waals surface area contributed by atoms with Crippen LogP contribution in [0, 0.1) is 6.04 Å². The molecule has 2 rings (SSSR count). The van der Waals surface area contributed by atoms with Crippen molar-refractivity contribution in [3.63, 3.8) is 0 Å². The van der Waals surface area contributed by atoms with Crippen molar-refractivity contribution in [3.05, 3.63) is 72.3 Å². The molecule has 0 aliphatic heterocycles. The van der Waals surface area contributed by atoms with Crippen LogP contribution in [0.15, 0.2) is 66.3 Å². The van der Waals surface area contributed by atoms with Crippen LogP contribution in [0.25, 0.3) is 0 Å². The van der Waals surface area contributed by atoms with Crippen molar-refractivity contribution < 1.29 is 17.1 Å². The smallest absolute Gasteiger partial charge is 0.231 e. The Morgan fingerprint density at radius 1 is 1.00 bits per heavy atom. The van der Waals surface area contributed by atoms with Gasteiger partial charge in [-0.15, -0.1) is 12.2 Å². The van der Waals surface area contributed by atoms with Gasteiger partial charge in [-0.1, -0.05) is 51.1 Å². The maximum absolute atomic E-state index is 2.53. The van der Waals surface area contributed by atoms with E-state index in [0.717, 1.165) is 0 Å². The molecule has 0 nitrogen and oxygen atoms in total. The van der Waals surface area contributed by atoms with Crippen LogP contribution >= 0.6 is 0 Å². The van der Waals surface area contributed by atoms with Crippen LogP contribution in [0.3, 0.4) is 0 Å². The molecule has 0 bridgehead atoms. The minimum atomic E-state index is -1.05. The van der Waals surface area contributed by atoms with E-state index >= 15 is 0 Å². The molecule has 0 spiro atoms. The molecule has 0 saturated carbocycles. The van der Waals surface area contributed by atoms with Crippen LogP contribution in [-0.4, -0.2) is 8.07 Å². The number of hydrogen-bond donors (Lipinski definition) is 0. The van der Waals surface area contributed by atoms with Crippen molar-refractivity contribution in [3.8, 4) is 0 Å². The third-order valence-electron chi connectivity index (χ3n) is 3.99. The molecule has 1 aliphatic carbocycles. The van der Waals surface area contributed by atoms with Crippen LogP contribution in [0.5, 0.6) is 0 Å². The van der Waals surface area contributed by atoms with Gasteiger partial charge >= 0.3 is 17.1 Å². The zero-order chi connectivity index (χ0) is 14.0. The number of hydrogen-bond acceptors (Lipinski definition) is 0. The standard InChI is InChI=1S/C13H21Si.C5H5.Fe/c1-4-14(5-2,6-3)12-11-13-9-7-8-10-13;1-2-4-5-3-1;/h7-12H,4-6H2,1-3H3;1-5H;/q2*-1;+2. The zero-order valence-electron chi connectivity index (χ0n) is 12.8. The topological polar surface area (TPSA) is 0 Å². The van der Waals surface area contributed by atoms with Crippen molar-refractivity contribution in [2.45, 2.75) is 38.9 Å². The molecule has 0 aromatic heterocycles. The average Bonchev–Trinajstić information content (AvgIpc) is 3.17. The maximum Gasteiger partial charge on any atom is 2.00 e. The van der Waals surface area contributed by atoms with Crippen LogP contribution < -0.4 is 0 Å². The van der Waals surface area contributed by atoms with E-state index in [1.807, 2.05) is 30.3 Å². The summed E-state index contributed by atoms with van der Waals surface area (Å²) in [4.78, 5) is 0. The quantitative estimate of drug-likeness (QED) is 0.481. The molecule has 1 aromatic rings. The van der Waals surface area contributed by atoms with Gasteiger partial charge in [0.25, 0.3) is 0 Å². The summed E-state index contributed by atoms with van der Waals surface area (Å²) in [6.07, 6.45) is 10.9. The fraction of sp³-hybridized carbons (Fsp3) is 0.333. The van der Waals surface area contributed by atoms with Crippen molar-refractivity contribution >= 4 is 8.07 Å². The first kappa shape index (κ1) is 19.2. The molecule has 0 saturated heterocycles. The van der Waals surface area contributed by atoms with Gasteiger partial charge in [0.2, 0.25) is 0 Å². The summed E-state index contributed by atoms with van der Waals surface area (Å²) in [5, 5.41) is 0. The molecular weight excluding hydrogens is 300 g/mol. The number of rotatable bonds is 5. The van der Waals surface area contributed by atoms with Gasteiger partial charge in [-0.2, -0.15) is 23.8 Å². The van der Waals surface area contributed by atoms with Crippen molar-refractivity contribution in [1.82, 2.24) is 0 Å². The van der Waals surface area contributed by atoms with Gasteiger partial charge in [-0.3, -0.25) is 0 Å². The monoisotopic (exact) mass is 326 g/mol. The van der Waals surface area contributed by atoms with Crippen LogP contribution in [0.4, 0.5) is 0 Å². The third kappa shape index (κ3) is 6.56. The van der Waals surface area contributed by atoms with E-state index in [1.54, 1.807) is 0 Å². The molecule has 1 aromatic carbocycles. The summed E-state index contributed by atoms with van der Waals surface area (Å²) in [6.45, 7) is 7.03. The molecule has 0 N–H and O–H groups in total. The molecule has 0 unspecified atom stereocenters. The Morgan fingerprint density at radius 3 is 1.85 bits per heavy atom. The minimum absolute atomic E-state index is 0. The van der Waals surface area contributed by atoms with E-state index in [0.29, 0.717) is 0 Å². The Bertz CT molecular complexity index is 369. The molecule has 2 heteroatoms. The van der Waals surface area contributed by atoms with E-state index in [9.17, 15) is 0 Å². The zero-order valence-corrected chi connectivity index (χ0v) is 14.9. The summed E-state index contributed by atoms with van der Waals surface area (Å²) in [5.74, 6) is 0. The number of allylic oxidation sites excluding steroid dienone is 6. The second-order valence-electron chi connectivity index (χ2n) is 4.94. The molecule has 0 atom stereocenters. The van der Waals surface area contributed by atoms with Gasteiger partial charge in [0.15, 0.2) is 0 Å².